The number of nitrogens with one attached hydrogen (secondary N) is 1. The molecule has 0 spiro atoms. The predicted molar refractivity (Wildman–Crippen MR) is 67.5 cm³/mol. The van der Waals surface area contributed by atoms with E-state index in [1.165, 1.54) is 5.56 Å². The second-order valence-electron chi connectivity index (χ2n) is 2.52. The minimum atomic E-state index is 0. The predicted octanol–water partition coefficient (Wildman–Crippen LogP) is 2.49. The summed E-state index contributed by atoms with van der Waals surface area (Å²) in [5.41, 5.74) is 1.33. The van der Waals surface area contributed by atoms with Crippen molar-refractivity contribution in [3.63, 3.8) is 0 Å². The maximum Gasteiger partial charge on any atom is 2.00 e. The molecule has 0 aliphatic heterocycles. The van der Waals surface area contributed by atoms with Crippen LogP contribution in [0.4, 0.5) is 0 Å². The van der Waals surface area contributed by atoms with Crippen molar-refractivity contribution in [1.82, 2.24) is 5.32 Å². The molecule has 14 heavy (non-hydrogen) atoms. The fourth-order valence-corrected chi connectivity index (χ4v) is 0.954. The number of hydrogen-bond donors (Lipinski definition) is 1. The van der Waals surface area contributed by atoms with Crippen LogP contribution in [-0.4, -0.2) is 29.6 Å². The molecule has 0 radical (unpaired) electrons. The smallest absolute Gasteiger partial charge is 0.358 e. The third-order valence-corrected chi connectivity index (χ3v) is 1.53. The molecule has 1 aromatic carbocycles. The molecule has 0 unspecified atom stereocenters. The molecule has 0 bridgehead atoms. The van der Waals surface area contributed by atoms with Gasteiger partial charge in [-0.05, 0) is 12.1 Å². The summed E-state index contributed by atoms with van der Waals surface area (Å²) in [6.07, 6.45) is 0.951. The van der Waals surface area contributed by atoms with E-state index in [1.807, 2.05) is 6.07 Å². The Morgan fingerprint density at radius 2 is 1.71 bits per heavy atom. The minimum Gasteiger partial charge on any atom is -0.358 e. The monoisotopic (exact) mass is 223 g/mol. The molecule has 0 heterocycles. The molecule has 0 saturated heterocycles. The summed E-state index contributed by atoms with van der Waals surface area (Å²) in [4.78, 5) is 0. The van der Waals surface area contributed by atoms with Gasteiger partial charge in [-0.2, -0.15) is 6.42 Å². The van der Waals surface area contributed by atoms with Gasteiger partial charge in [0.2, 0.25) is 0 Å². The zero-order chi connectivity index (χ0) is 7.94. The van der Waals surface area contributed by atoms with Crippen LogP contribution in [0.5, 0.6) is 0 Å². The summed E-state index contributed by atoms with van der Waals surface area (Å²) in [5.74, 6) is 0. The number of hydrogen-bond acceptors (Lipinski definition) is 1. The van der Waals surface area contributed by atoms with Gasteiger partial charge in [-0.15, -0.1) is 12.4 Å². The summed E-state index contributed by atoms with van der Waals surface area (Å²) in [6, 6.07) is 10.4. The molecule has 0 atom stereocenters. The van der Waals surface area contributed by atoms with E-state index in [1.54, 1.807) is 0 Å². The van der Waals surface area contributed by atoms with E-state index in [2.05, 4.69) is 36.5 Å². The third-order valence-electron chi connectivity index (χ3n) is 1.53. The Kier molecular flexibility index (Phi) is 18.7. The molecular weight excluding hydrogens is 206 g/mol. The third kappa shape index (κ3) is 8.82. The van der Waals surface area contributed by atoms with Crippen LogP contribution >= 0.6 is 12.4 Å². The summed E-state index contributed by atoms with van der Waals surface area (Å²) in [7, 11) is 0. The van der Waals surface area contributed by atoms with Crippen molar-refractivity contribution in [3.8, 4) is 0 Å². The van der Waals surface area contributed by atoms with E-state index in [9.17, 15) is 0 Å². The van der Waals surface area contributed by atoms with Crippen LogP contribution in [0.2, 0.25) is 0 Å². The molecule has 0 fully saturated rings. The Morgan fingerprint density at radius 3 is 2.21 bits per heavy atom. The van der Waals surface area contributed by atoms with Crippen LogP contribution in [0.15, 0.2) is 30.3 Å². The molecule has 1 nitrogen and oxygen atoms in total. The van der Waals surface area contributed by atoms with Crippen molar-refractivity contribution < 1.29 is 0 Å². The Morgan fingerprint density at radius 1 is 1.14 bits per heavy atom. The van der Waals surface area contributed by atoms with E-state index in [0.717, 1.165) is 19.5 Å². The van der Waals surface area contributed by atoms with Crippen LogP contribution < -0.4 is 5.32 Å². The zero-order valence-corrected chi connectivity index (χ0v) is 11.1. The summed E-state index contributed by atoms with van der Waals surface area (Å²) >= 11 is 0. The van der Waals surface area contributed by atoms with Gasteiger partial charge in [0.1, 0.15) is 0 Å². The van der Waals surface area contributed by atoms with E-state index >= 15 is 0 Å². The van der Waals surface area contributed by atoms with Gasteiger partial charge >= 0.3 is 23.1 Å². The number of rotatable bonds is 4. The maximum absolute atomic E-state index is 3.75. The second-order valence-corrected chi connectivity index (χ2v) is 2.52. The SMILES string of the molecule is Cl.[CH2-]CCNCc1ccccc1.[CH3-].[Mg+2]. The van der Waals surface area contributed by atoms with Gasteiger partial charge in [-0.3, -0.25) is 0 Å². The molecule has 76 valence electrons. The van der Waals surface area contributed by atoms with E-state index in [0.29, 0.717) is 0 Å². The first kappa shape index (κ1) is 19.8. The average molecular weight is 224 g/mol. The first-order valence-electron chi connectivity index (χ1n) is 3.97. The van der Waals surface area contributed by atoms with Gasteiger partial charge in [-0.1, -0.05) is 30.3 Å². The minimum absolute atomic E-state index is 0. The topological polar surface area (TPSA) is 12.0 Å². The van der Waals surface area contributed by atoms with Gasteiger partial charge in [0, 0.05) is 6.54 Å². The van der Waals surface area contributed by atoms with Crippen LogP contribution in [0.1, 0.15) is 12.0 Å². The fraction of sp³-hybridized carbons (Fsp3) is 0.273. The van der Waals surface area contributed by atoms with E-state index in [4.69, 9.17) is 0 Å². The maximum atomic E-state index is 3.75. The van der Waals surface area contributed by atoms with Crippen molar-refractivity contribution in [1.29, 1.82) is 0 Å². The van der Waals surface area contributed by atoms with Gasteiger partial charge < -0.3 is 19.7 Å². The van der Waals surface area contributed by atoms with Gasteiger partial charge in [-0.25, -0.2) is 0 Å². The van der Waals surface area contributed by atoms with Gasteiger partial charge in [0.15, 0.2) is 0 Å². The molecular formula is C11H18ClMgN. The van der Waals surface area contributed by atoms with Crippen molar-refractivity contribution in [2.75, 3.05) is 6.54 Å². The van der Waals surface area contributed by atoms with Crippen LogP contribution in [0.3, 0.4) is 0 Å². The standard InChI is InChI=1S/C10H14N.CH3.ClH.Mg/c1-2-8-11-9-10-6-4-3-5-7-10;;;/h3-7,11H,1-2,8-9H2;1H3;1H;/q2*-1;;+2. The molecule has 0 amide bonds. The second kappa shape index (κ2) is 13.2. The van der Waals surface area contributed by atoms with E-state index in [-0.39, 0.29) is 42.9 Å². The quantitative estimate of drug-likeness (QED) is 0.470. The molecule has 1 N–H and O–H groups in total. The fourth-order valence-electron chi connectivity index (χ4n) is 0.954. The molecule has 1 rings (SSSR count). The molecule has 0 aliphatic rings. The van der Waals surface area contributed by atoms with Crippen molar-refractivity contribution in [3.05, 3.63) is 50.2 Å². The molecule has 0 aromatic heterocycles. The van der Waals surface area contributed by atoms with Crippen LogP contribution in [-0.2, 0) is 6.54 Å². The van der Waals surface area contributed by atoms with Crippen LogP contribution in [0, 0.1) is 14.4 Å². The number of halogens is 1. The van der Waals surface area contributed by atoms with Gasteiger partial charge in [0.05, 0.1) is 0 Å². The van der Waals surface area contributed by atoms with Gasteiger partial charge in [0.25, 0.3) is 0 Å². The first-order valence-corrected chi connectivity index (χ1v) is 3.97. The molecule has 0 saturated carbocycles. The summed E-state index contributed by atoms with van der Waals surface area (Å²) < 4.78 is 0. The zero-order valence-electron chi connectivity index (χ0n) is 8.83. The largest absolute Gasteiger partial charge is 2.00 e. The summed E-state index contributed by atoms with van der Waals surface area (Å²) in [5, 5.41) is 3.29. The molecule has 1 aromatic rings. The molecule has 3 heteroatoms. The Balaban J connectivity index is -0.000000403. The number of benzene rings is 1. The molecule has 0 aliphatic carbocycles. The van der Waals surface area contributed by atoms with E-state index < -0.39 is 0 Å². The van der Waals surface area contributed by atoms with Crippen molar-refractivity contribution >= 4 is 35.5 Å². The Labute approximate surface area is 110 Å². The summed E-state index contributed by atoms with van der Waals surface area (Å²) in [6.45, 7) is 5.70. The Hall–Kier alpha value is 0.236. The first-order chi connectivity index (χ1) is 5.43. The van der Waals surface area contributed by atoms with Crippen LogP contribution in [0.25, 0.3) is 0 Å². The normalized spacial score (nSPS) is 7.79. The van der Waals surface area contributed by atoms with Crippen molar-refractivity contribution in [2.45, 2.75) is 13.0 Å². The average Bonchev–Trinajstić information content (AvgIpc) is 2.07. The van der Waals surface area contributed by atoms with Crippen molar-refractivity contribution in [2.24, 2.45) is 0 Å². The Bertz CT molecular complexity index is 192.